The zero-order chi connectivity index (χ0) is 22.2. The number of carbonyl (C=O) groups excluding carboxylic acids is 1. The second-order valence-corrected chi connectivity index (χ2v) is 8.55. The van der Waals surface area contributed by atoms with Gasteiger partial charge in [0.25, 0.3) is 5.91 Å². The molecule has 1 amide bonds. The predicted molar refractivity (Wildman–Crippen MR) is 121 cm³/mol. The molecule has 0 bridgehead atoms. The molecule has 1 saturated heterocycles. The maximum atomic E-state index is 15.3. The minimum absolute atomic E-state index is 0.0828. The van der Waals surface area contributed by atoms with E-state index < -0.39 is 11.7 Å². The van der Waals surface area contributed by atoms with Gasteiger partial charge in [0, 0.05) is 56.1 Å². The Kier molecular flexibility index (Phi) is 5.42. The average molecular weight is 439 g/mol. The van der Waals surface area contributed by atoms with E-state index in [0.29, 0.717) is 29.0 Å². The number of hydrogen-bond acceptors (Lipinski definition) is 6. The van der Waals surface area contributed by atoms with Gasteiger partial charge in [0.1, 0.15) is 28.3 Å². The molecular formula is C23H27FN6O2. The van der Waals surface area contributed by atoms with Gasteiger partial charge in [-0.15, -0.1) is 0 Å². The van der Waals surface area contributed by atoms with Crippen molar-refractivity contribution in [3.05, 3.63) is 42.1 Å². The van der Waals surface area contributed by atoms with Crippen LogP contribution in [0, 0.1) is 5.82 Å². The van der Waals surface area contributed by atoms with Crippen molar-refractivity contribution in [2.45, 2.75) is 37.8 Å². The van der Waals surface area contributed by atoms with Crippen molar-refractivity contribution < 1.29 is 13.9 Å². The number of ether oxygens (including phenoxy) is 1. The van der Waals surface area contributed by atoms with Crippen LogP contribution in [-0.2, 0) is 7.05 Å². The molecule has 1 aliphatic heterocycles. The molecule has 3 heterocycles. The van der Waals surface area contributed by atoms with E-state index in [9.17, 15) is 4.79 Å². The Labute approximate surface area is 185 Å². The zero-order valence-electron chi connectivity index (χ0n) is 18.3. The maximum absolute atomic E-state index is 15.3. The summed E-state index contributed by atoms with van der Waals surface area (Å²) in [5.74, 6) is -0.730. The van der Waals surface area contributed by atoms with Gasteiger partial charge < -0.3 is 20.3 Å². The number of piperidine rings is 1. The van der Waals surface area contributed by atoms with E-state index in [1.54, 1.807) is 24.0 Å². The number of methoxy groups -OCH3 is 1. The summed E-state index contributed by atoms with van der Waals surface area (Å²) in [6.07, 6.45) is 9.46. The molecule has 32 heavy (non-hydrogen) atoms. The molecule has 9 heteroatoms. The summed E-state index contributed by atoms with van der Waals surface area (Å²) < 4.78 is 22.2. The molecule has 0 spiro atoms. The molecule has 0 unspecified atom stereocenters. The first-order chi connectivity index (χ1) is 15.5. The highest BCUT2D eigenvalue weighted by Crippen LogP contribution is 2.34. The quantitative estimate of drug-likeness (QED) is 0.615. The van der Waals surface area contributed by atoms with Crippen LogP contribution in [0.4, 0.5) is 15.8 Å². The summed E-state index contributed by atoms with van der Waals surface area (Å²) in [7, 11) is 3.28. The zero-order valence-corrected chi connectivity index (χ0v) is 18.3. The van der Waals surface area contributed by atoms with Gasteiger partial charge in [-0.05, 0) is 31.7 Å². The lowest BCUT2D eigenvalue weighted by molar-refractivity contribution is 0.102. The summed E-state index contributed by atoms with van der Waals surface area (Å²) in [6.45, 7) is 1.68. The highest BCUT2D eigenvalue weighted by molar-refractivity contribution is 6.14. The topological polar surface area (TPSA) is 84.3 Å². The summed E-state index contributed by atoms with van der Waals surface area (Å²) in [5.41, 5.74) is 1.42. The van der Waals surface area contributed by atoms with Gasteiger partial charge in [-0.1, -0.05) is 0 Å². The standard InChI is InChI=1S/C23H27FN6O2/c1-29-13-16-19(30-9-6-15(7-10-30)26-14-3-4-14)11-17(24)21(22(16)28-29)23(31)27-18-12-25-8-5-20(18)32-2/h5,8,11-15,26H,3-4,6-7,9-10H2,1-2H3,(H,27,31). The Morgan fingerprint density at radius 2 is 1.97 bits per heavy atom. The number of pyridine rings is 1. The van der Waals surface area contributed by atoms with E-state index in [-0.39, 0.29) is 5.56 Å². The van der Waals surface area contributed by atoms with Crippen molar-refractivity contribution in [2.75, 3.05) is 30.4 Å². The van der Waals surface area contributed by atoms with Crippen LogP contribution in [0.2, 0.25) is 0 Å². The normalized spacial score (nSPS) is 17.0. The Morgan fingerprint density at radius 3 is 2.69 bits per heavy atom. The molecule has 168 valence electrons. The van der Waals surface area contributed by atoms with Crippen LogP contribution in [0.15, 0.2) is 30.7 Å². The fraction of sp³-hybridized carbons (Fsp3) is 0.435. The fourth-order valence-electron chi connectivity index (χ4n) is 4.43. The van der Waals surface area contributed by atoms with Crippen LogP contribution in [-0.4, -0.2) is 53.0 Å². The number of nitrogens with zero attached hydrogens (tertiary/aromatic N) is 4. The van der Waals surface area contributed by atoms with E-state index in [4.69, 9.17) is 4.74 Å². The van der Waals surface area contributed by atoms with Crippen LogP contribution < -0.4 is 20.3 Å². The number of aromatic nitrogens is 3. The lowest BCUT2D eigenvalue weighted by Gasteiger charge is -2.34. The van der Waals surface area contributed by atoms with Crippen molar-refractivity contribution in [3.8, 4) is 5.75 Å². The van der Waals surface area contributed by atoms with E-state index in [1.165, 1.54) is 32.2 Å². The van der Waals surface area contributed by atoms with Gasteiger partial charge in [-0.25, -0.2) is 4.39 Å². The highest BCUT2D eigenvalue weighted by atomic mass is 19.1. The first-order valence-electron chi connectivity index (χ1n) is 11.0. The Morgan fingerprint density at radius 1 is 1.22 bits per heavy atom. The maximum Gasteiger partial charge on any atom is 0.261 e. The number of benzene rings is 1. The van der Waals surface area contributed by atoms with Gasteiger partial charge in [-0.2, -0.15) is 5.10 Å². The molecule has 1 aliphatic carbocycles. The number of hydrogen-bond donors (Lipinski definition) is 2. The minimum Gasteiger partial charge on any atom is -0.494 e. The van der Waals surface area contributed by atoms with Crippen LogP contribution in [0.5, 0.6) is 5.75 Å². The predicted octanol–water partition coefficient (Wildman–Crippen LogP) is 3.09. The SMILES string of the molecule is COc1ccncc1NC(=O)c1c(F)cc(N2CCC(NC3CC3)CC2)c2cn(C)nc12. The smallest absolute Gasteiger partial charge is 0.261 e. The van der Waals surface area contributed by atoms with Crippen molar-refractivity contribution in [2.24, 2.45) is 7.05 Å². The van der Waals surface area contributed by atoms with Crippen molar-refractivity contribution in [1.82, 2.24) is 20.1 Å². The Balaban J connectivity index is 1.44. The molecule has 3 aromatic rings. The number of anilines is 2. The van der Waals surface area contributed by atoms with E-state index in [0.717, 1.165) is 37.0 Å². The monoisotopic (exact) mass is 438 g/mol. The summed E-state index contributed by atoms with van der Waals surface area (Å²) in [6, 6.07) is 4.30. The van der Waals surface area contributed by atoms with Crippen LogP contribution in [0.1, 0.15) is 36.0 Å². The molecular weight excluding hydrogens is 411 g/mol. The van der Waals surface area contributed by atoms with E-state index in [2.05, 4.69) is 25.6 Å². The average Bonchev–Trinajstić information content (AvgIpc) is 3.52. The third-order valence-electron chi connectivity index (χ3n) is 6.20. The summed E-state index contributed by atoms with van der Waals surface area (Å²) in [5, 5.41) is 11.6. The fourth-order valence-corrected chi connectivity index (χ4v) is 4.43. The number of halogens is 1. The van der Waals surface area contributed by atoms with Crippen molar-refractivity contribution >= 4 is 28.2 Å². The van der Waals surface area contributed by atoms with Gasteiger partial charge in [0.15, 0.2) is 0 Å². The van der Waals surface area contributed by atoms with Gasteiger partial charge >= 0.3 is 0 Å². The number of aryl methyl sites for hydroxylation is 1. The van der Waals surface area contributed by atoms with Gasteiger partial charge in [0.2, 0.25) is 0 Å². The Hall–Kier alpha value is -3.20. The largest absolute Gasteiger partial charge is 0.494 e. The molecule has 1 aromatic carbocycles. The molecule has 2 fully saturated rings. The molecule has 5 rings (SSSR count). The Bertz CT molecular complexity index is 1150. The first kappa shape index (κ1) is 20.7. The van der Waals surface area contributed by atoms with Crippen molar-refractivity contribution in [1.29, 1.82) is 0 Å². The highest BCUT2D eigenvalue weighted by Gasteiger charge is 2.29. The number of nitrogens with one attached hydrogen (secondary N) is 2. The molecule has 8 nitrogen and oxygen atoms in total. The van der Waals surface area contributed by atoms with E-state index in [1.807, 2.05) is 6.20 Å². The number of carbonyl (C=O) groups is 1. The second-order valence-electron chi connectivity index (χ2n) is 8.55. The van der Waals surface area contributed by atoms with E-state index >= 15 is 4.39 Å². The van der Waals surface area contributed by atoms with Crippen LogP contribution in [0.25, 0.3) is 10.9 Å². The molecule has 1 saturated carbocycles. The molecule has 2 aliphatic rings. The lowest BCUT2D eigenvalue weighted by atomic mass is 10.0. The van der Waals surface area contributed by atoms with Crippen molar-refractivity contribution in [3.63, 3.8) is 0 Å². The number of rotatable bonds is 6. The van der Waals surface area contributed by atoms with Crippen LogP contribution in [0.3, 0.4) is 0 Å². The van der Waals surface area contributed by atoms with Crippen LogP contribution >= 0.6 is 0 Å². The number of amides is 1. The van der Waals surface area contributed by atoms with Gasteiger partial charge in [0.05, 0.1) is 19.0 Å². The minimum atomic E-state index is -0.593. The second kappa shape index (κ2) is 8.38. The molecule has 2 aromatic heterocycles. The van der Waals surface area contributed by atoms with Gasteiger partial charge in [-0.3, -0.25) is 14.5 Å². The molecule has 0 radical (unpaired) electrons. The third kappa shape index (κ3) is 4.00. The summed E-state index contributed by atoms with van der Waals surface area (Å²) >= 11 is 0. The molecule has 2 N–H and O–H groups in total. The summed E-state index contributed by atoms with van der Waals surface area (Å²) in [4.78, 5) is 19.3. The first-order valence-corrected chi connectivity index (χ1v) is 11.0. The lowest BCUT2D eigenvalue weighted by Crippen LogP contribution is -2.43. The molecule has 0 atom stereocenters. The number of fused-ring (bicyclic) bond motifs is 1. The third-order valence-corrected chi connectivity index (χ3v) is 6.20.